The molecule has 1 saturated carbocycles. The van der Waals surface area contributed by atoms with Crippen molar-refractivity contribution >= 4 is 32.4 Å². The number of sulfone groups is 1. The maximum absolute atomic E-state index is 13.7. The molecule has 12 nitrogen and oxygen atoms in total. The Morgan fingerprint density at radius 3 is 2.08 bits per heavy atom. The predicted molar refractivity (Wildman–Crippen MR) is 230 cm³/mol. The van der Waals surface area contributed by atoms with Crippen LogP contribution in [-0.4, -0.2) is 88.2 Å². The van der Waals surface area contributed by atoms with Crippen LogP contribution < -0.4 is 5.32 Å². The maximum Gasteiger partial charge on any atom is 0.246 e. The Balaban J connectivity index is 0.941. The van der Waals surface area contributed by atoms with E-state index >= 15 is 0 Å². The van der Waals surface area contributed by atoms with Gasteiger partial charge in [-0.15, -0.1) is 0 Å². The molecule has 3 fully saturated rings. The molecule has 13 heteroatoms. The topological polar surface area (TPSA) is 153 Å². The third-order valence-corrected chi connectivity index (χ3v) is 13.6. The van der Waals surface area contributed by atoms with E-state index in [9.17, 15) is 18.0 Å². The number of hydrogen-bond donors (Lipinski definition) is 3. The van der Waals surface area contributed by atoms with Gasteiger partial charge in [0.2, 0.25) is 11.8 Å². The van der Waals surface area contributed by atoms with Gasteiger partial charge in [-0.1, -0.05) is 69.3 Å². The van der Waals surface area contributed by atoms with Gasteiger partial charge in [0.25, 0.3) is 0 Å². The highest BCUT2D eigenvalue weighted by molar-refractivity contribution is 7.90. The number of aromatic nitrogens is 4. The van der Waals surface area contributed by atoms with Gasteiger partial charge in [0.15, 0.2) is 5.88 Å². The Morgan fingerprint density at radius 2 is 1.46 bits per heavy atom. The SMILES string of the molecule is C=C(N[C@H](C(=O)N1CCC[C@H]1c1ncc(-c2ccc3cc(-c4ccc(-c5cnc([C@@H]6CC7(CC7)CN6C(=O)[C@@H](C)CCS(C)(=O)=O)[nH]5)cc4)ccc3c2)[nH]1)C(C)C)OC. The summed E-state index contributed by atoms with van der Waals surface area (Å²) in [5.41, 5.74) is 6.21. The largest absolute Gasteiger partial charge is 0.483 e. The molecular weight excluding hydrogens is 763 g/mol. The highest BCUT2D eigenvalue weighted by Crippen LogP contribution is 2.58. The van der Waals surface area contributed by atoms with Crippen LogP contribution in [0, 0.1) is 17.3 Å². The van der Waals surface area contributed by atoms with Crippen LogP contribution in [0.25, 0.3) is 44.4 Å². The first kappa shape index (κ1) is 40.4. The minimum atomic E-state index is -3.14. The molecule has 2 amide bonds. The second kappa shape index (κ2) is 16.0. The van der Waals surface area contributed by atoms with Crippen LogP contribution in [0.5, 0.6) is 0 Å². The van der Waals surface area contributed by atoms with E-state index in [2.05, 4.69) is 82.5 Å². The Bertz CT molecular complexity index is 2490. The van der Waals surface area contributed by atoms with Crippen molar-refractivity contribution in [1.82, 2.24) is 35.1 Å². The zero-order valence-corrected chi connectivity index (χ0v) is 35.4. The van der Waals surface area contributed by atoms with Crippen molar-refractivity contribution < 1.29 is 22.7 Å². The van der Waals surface area contributed by atoms with Crippen molar-refractivity contribution in [3.8, 4) is 33.6 Å². The lowest BCUT2D eigenvalue weighted by Gasteiger charge is -2.31. The number of benzene rings is 3. The van der Waals surface area contributed by atoms with E-state index in [1.165, 1.54) is 6.26 Å². The Morgan fingerprint density at radius 1 is 0.864 bits per heavy atom. The molecule has 3 N–H and O–H groups in total. The van der Waals surface area contributed by atoms with Gasteiger partial charge in [0, 0.05) is 30.8 Å². The lowest BCUT2D eigenvalue weighted by Crippen LogP contribution is -2.48. The summed E-state index contributed by atoms with van der Waals surface area (Å²) in [4.78, 5) is 47.7. The molecular formula is C46H55N7O5S. The summed E-state index contributed by atoms with van der Waals surface area (Å²) in [6.07, 6.45) is 10.1. The molecule has 3 aromatic carbocycles. The number of aromatic amines is 2. The van der Waals surface area contributed by atoms with Crippen LogP contribution in [-0.2, 0) is 24.2 Å². The first-order valence-corrected chi connectivity index (χ1v) is 22.8. The number of rotatable bonds is 14. The molecule has 3 aliphatic rings. The standard InChI is InChI=1S/C46H55N7O5S/c1-28(2)41(49-30(4)58-5)45(55)52-20-7-8-39(52)42-47-26-38(51-42)36-16-15-34-22-33(13-14-35(34)23-36)31-9-11-32(12-10-31)37-25-48-43(50-37)40-24-46(18-19-46)27-53(40)44(54)29(3)17-21-59(6,56)57/h9-16,22-23,25-26,28-29,39-41,49H,4,7-8,17-21,24,27H2,1-3,5-6H3,(H,47,51)(H,48,50)/t29-,39-,40-,41-/m0/s1. The van der Waals surface area contributed by atoms with Gasteiger partial charge in [0.05, 0.1) is 48.7 Å². The normalized spacial score (nSPS) is 19.7. The van der Waals surface area contributed by atoms with Crippen LogP contribution in [0.15, 0.2) is 85.5 Å². The maximum atomic E-state index is 13.7. The average molecular weight is 818 g/mol. The van der Waals surface area contributed by atoms with Crippen molar-refractivity contribution in [2.45, 2.75) is 77.4 Å². The number of nitrogens with zero attached hydrogens (tertiary/aromatic N) is 4. The fourth-order valence-electron chi connectivity index (χ4n) is 8.85. The molecule has 2 aromatic heterocycles. The summed E-state index contributed by atoms with van der Waals surface area (Å²) in [5.74, 6) is 1.68. The summed E-state index contributed by atoms with van der Waals surface area (Å²) in [7, 11) is -1.60. The van der Waals surface area contributed by atoms with Gasteiger partial charge >= 0.3 is 0 Å². The van der Waals surface area contributed by atoms with Crippen molar-refractivity contribution in [2.24, 2.45) is 17.3 Å². The number of likely N-dealkylation sites (tertiary alicyclic amines) is 2. The smallest absolute Gasteiger partial charge is 0.246 e. The molecule has 2 saturated heterocycles. The summed E-state index contributed by atoms with van der Waals surface area (Å²) in [6, 6.07) is 20.6. The molecule has 2 aliphatic heterocycles. The second-order valence-electron chi connectivity index (χ2n) is 17.4. The Hall–Kier alpha value is -5.43. The average Bonchev–Trinajstić information content (AvgIpc) is 3.76. The van der Waals surface area contributed by atoms with Crippen molar-refractivity contribution in [2.75, 3.05) is 32.2 Å². The molecule has 4 heterocycles. The van der Waals surface area contributed by atoms with E-state index in [1.807, 2.05) is 43.0 Å². The number of ether oxygens (including phenoxy) is 1. The fourth-order valence-corrected chi connectivity index (χ4v) is 9.63. The molecule has 5 aromatic rings. The lowest BCUT2D eigenvalue weighted by molar-refractivity contribution is -0.136. The summed E-state index contributed by atoms with van der Waals surface area (Å²) < 4.78 is 28.8. The number of H-pyrrole nitrogens is 2. The van der Waals surface area contributed by atoms with Crippen LogP contribution >= 0.6 is 0 Å². The number of hydrogen-bond acceptors (Lipinski definition) is 8. The number of carbonyl (C=O) groups excluding carboxylic acids is 2. The summed E-state index contributed by atoms with van der Waals surface area (Å²) >= 11 is 0. The molecule has 8 rings (SSSR count). The second-order valence-corrected chi connectivity index (χ2v) is 19.7. The van der Waals surface area contributed by atoms with Crippen molar-refractivity contribution in [1.29, 1.82) is 0 Å². The number of fused-ring (bicyclic) bond motifs is 1. The van der Waals surface area contributed by atoms with Crippen LogP contribution in [0.4, 0.5) is 0 Å². The first-order valence-electron chi connectivity index (χ1n) is 20.7. The van der Waals surface area contributed by atoms with Crippen molar-refractivity contribution in [3.05, 3.63) is 97.2 Å². The third kappa shape index (κ3) is 8.53. The molecule has 1 spiro atoms. The van der Waals surface area contributed by atoms with Gasteiger partial charge < -0.3 is 29.8 Å². The first-order chi connectivity index (χ1) is 28.2. The molecule has 0 radical (unpaired) electrons. The zero-order valence-electron chi connectivity index (χ0n) is 34.6. The van der Waals surface area contributed by atoms with E-state index in [0.717, 1.165) is 88.2 Å². The quantitative estimate of drug-likeness (QED) is 0.0960. The minimum Gasteiger partial charge on any atom is -0.483 e. The minimum absolute atomic E-state index is 0.00651. The predicted octanol–water partition coefficient (Wildman–Crippen LogP) is 7.81. The van der Waals surface area contributed by atoms with E-state index in [1.54, 1.807) is 7.11 Å². The van der Waals surface area contributed by atoms with Gasteiger partial charge in [-0.25, -0.2) is 18.4 Å². The zero-order chi connectivity index (χ0) is 41.6. The number of nitrogens with one attached hydrogen (secondary N) is 3. The van der Waals surface area contributed by atoms with E-state index in [-0.39, 0.29) is 46.9 Å². The summed E-state index contributed by atoms with van der Waals surface area (Å²) in [6.45, 7) is 11.1. The Labute approximate surface area is 346 Å². The monoisotopic (exact) mass is 817 g/mol. The summed E-state index contributed by atoms with van der Waals surface area (Å²) in [5, 5.41) is 5.39. The lowest BCUT2D eigenvalue weighted by atomic mass is 9.98. The van der Waals surface area contributed by atoms with E-state index in [0.29, 0.717) is 25.4 Å². The molecule has 310 valence electrons. The highest BCUT2D eigenvalue weighted by atomic mass is 32.2. The number of amides is 2. The molecule has 0 bridgehead atoms. The third-order valence-electron chi connectivity index (χ3n) is 12.6. The Kier molecular flexibility index (Phi) is 10.9. The number of imidazole rings is 2. The van der Waals surface area contributed by atoms with Crippen LogP contribution in [0.2, 0.25) is 0 Å². The van der Waals surface area contributed by atoms with Gasteiger partial charge in [0.1, 0.15) is 27.5 Å². The van der Waals surface area contributed by atoms with E-state index < -0.39 is 15.9 Å². The van der Waals surface area contributed by atoms with Gasteiger partial charge in [-0.05, 0) is 96.0 Å². The molecule has 0 unspecified atom stereocenters. The van der Waals surface area contributed by atoms with Crippen LogP contribution in [0.1, 0.15) is 83.0 Å². The highest BCUT2D eigenvalue weighted by Gasteiger charge is 2.54. The fraction of sp³-hybridized carbons (Fsp3) is 0.435. The molecule has 59 heavy (non-hydrogen) atoms. The molecule has 1 aliphatic carbocycles. The molecule has 4 atom stereocenters. The van der Waals surface area contributed by atoms with Crippen molar-refractivity contribution in [3.63, 3.8) is 0 Å². The van der Waals surface area contributed by atoms with Crippen LogP contribution in [0.3, 0.4) is 0 Å². The van der Waals surface area contributed by atoms with E-state index in [4.69, 9.17) is 14.7 Å². The van der Waals surface area contributed by atoms with Gasteiger partial charge in [-0.2, -0.15) is 0 Å². The number of carbonyl (C=O) groups is 2. The van der Waals surface area contributed by atoms with Gasteiger partial charge in [-0.3, -0.25) is 9.59 Å². The number of methoxy groups -OCH3 is 1.